The van der Waals surface area contributed by atoms with Crippen LogP contribution in [-0.2, 0) is 10.1 Å². The quantitative estimate of drug-likeness (QED) is 0.302. The van der Waals surface area contributed by atoms with Crippen LogP contribution in [0, 0.1) is 0 Å². The molecule has 0 aromatic heterocycles. The highest BCUT2D eigenvalue weighted by Gasteiger charge is 2.77. The van der Waals surface area contributed by atoms with Gasteiger partial charge in [-0.05, 0) is 0 Å². The lowest BCUT2D eigenvalue weighted by Gasteiger charge is -2.28. The summed E-state index contributed by atoms with van der Waals surface area (Å²) in [7, 11) is -6.78. The van der Waals surface area contributed by atoms with Crippen molar-refractivity contribution >= 4 is 10.1 Å². The third kappa shape index (κ3) is 5.57. The Kier molecular flexibility index (Phi) is 8.92. The molecule has 132 valence electrons. The second-order valence-corrected chi connectivity index (χ2v) is 5.10. The Labute approximate surface area is 122 Å². The third-order valence-corrected chi connectivity index (χ3v) is 2.80. The molecule has 0 aliphatic heterocycles. The van der Waals surface area contributed by atoms with Gasteiger partial charge in [-0.3, -0.25) is 4.55 Å². The van der Waals surface area contributed by atoms with Gasteiger partial charge in [-0.2, -0.15) is 34.8 Å². The average molecular weight is 361 g/mol. The summed E-state index contributed by atoms with van der Waals surface area (Å²) in [5, 5.41) is -3.43. The Morgan fingerprint density at radius 3 is 1.59 bits per heavy atom. The van der Waals surface area contributed by atoms with Crippen molar-refractivity contribution < 1.29 is 43.7 Å². The van der Waals surface area contributed by atoms with E-state index in [-0.39, 0.29) is 0 Å². The molecule has 0 atom stereocenters. The highest BCUT2D eigenvalue weighted by atomic mass is 32.2. The van der Waals surface area contributed by atoms with Gasteiger partial charge in [-0.1, -0.05) is 12.2 Å². The number of rotatable bonds is 8. The number of halogens is 7. The standard InChI is InChI=1S/C6H11N.C4H3F7O3S/c1-3-5-7-6-4-2;5-1-2(6,7)3(8,9)4(10,11)15(12,13)14/h3-4,7H,1-2,5-6H2;1H2,(H,12,13,14). The molecule has 0 aromatic carbocycles. The Balaban J connectivity index is 0. The van der Waals surface area contributed by atoms with Gasteiger partial charge in [0.15, 0.2) is 6.67 Å². The van der Waals surface area contributed by atoms with E-state index in [1.807, 2.05) is 12.2 Å². The summed E-state index contributed by atoms with van der Waals surface area (Å²) >= 11 is 0. The smallest absolute Gasteiger partial charge is 0.310 e. The molecule has 2 N–H and O–H groups in total. The largest absolute Gasteiger partial charge is 0.438 e. The van der Waals surface area contributed by atoms with Crippen LogP contribution in [0.25, 0.3) is 0 Å². The van der Waals surface area contributed by atoms with Crippen molar-refractivity contribution in [2.45, 2.75) is 17.1 Å². The molecule has 0 amide bonds. The molecule has 4 nitrogen and oxygen atoms in total. The predicted octanol–water partition coefficient (Wildman–Crippen LogP) is 2.66. The summed E-state index contributed by atoms with van der Waals surface area (Å²) in [6, 6.07) is 0. The van der Waals surface area contributed by atoms with E-state index in [4.69, 9.17) is 4.55 Å². The van der Waals surface area contributed by atoms with Gasteiger partial charge in [-0.15, -0.1) is 13.2 Å². The Hall–Kier alpha value is -1.14. The van der Waals surface area contributed by atoms with E-state index < -0.39 is 33.9 Å². The molecule has 12 heteroatoms. The molecule has 22 heavy (non-hydrogen) atoms. The number of hydrogen-bond acceptors (Lipinski definition) is 3. The summed E-state index contributed by atoms with van der Waals surface area (Å²) in [6.45, 7) is 5.60. The van der Waals surface area contributed by atoms with Crippen LogP contribution in [0.4, 0.5) is 30.7 Å². The van der Waals surface area contributed by atoms with Crippen LogP contribution in [0.5, 0.6) is 0 Å². The SMILES string of the molecule is C=CCNCC=C.O=S(=O)(O)C(F)(F)C(F)(F)C(F)(F)CF. The predicted molar refractivity (Wildman–Crippen MR) is 65.6 cm³/mol. The van der Waals surface area contributed by atoms with Crippen LogP contribution < -0.4 is 5.32 Å². The minimum absolute atomic E-state index is 0.867. The molecule has 0 heterocycles. The van der Waals surface area contributed by atoms with Gasteiger partial charge < -0.3 is 5.32 Å². The first-order valence-corrected chi connectivity index (χ1v) is 6.75. The van der Waals surface area contributed by atoms with Gasteiger partial charge in [0.05, 0.1) is 0 Å². The molecule has 0 spiro atoms. The van der Waals surface area contributed by atoms with Crippen LogP contribution in [0.15, 0.2) is 25.3 Å². The maximum absolute atomic E-state index is 12.2. The van der Waals surface area contributed by atoms with E-state index in [1.54, 1.807) is 0 Å². The van der Waals surface area contributed by atoms with Crippen LogP contribution in [0.3, 0.4) is 0 Å². The molecule has 0 fully saturated rings. The zero-order valence-electron chi connectivity index (χ0n) is 11.0. The van der Waals surface area contributed by atoms with Crippen molar-refractivity contribution in [3.05, 3.63) is 25.3 Å². The second kappa shape index (κ2) is 8.48. The number of nitrogens with one attached hydrogen (secondary N) is 1. The molecule has 0 aliphatic rings. The Morgan fingerprint density at radius 2 is 1.36 bits per heavy atom. The fourth-order valence-electron chi connectivity index (χ4n) is 0.746. The zero-order chi connectivity index (χ0) is 18.2. The highest BCUT2D eigenvalue weighted by Crippen LogP contribution is 2.48. The van der Waals surface area contributed by atoms with Crippen LogP contribution >= 0.6 is 0 Å². The lowest BCUT2D eigenvalue weighted by atomic mass is 10.2. The number of alkyl halides is 7. The van der Waals surface area contributed by atoms with Crippen LogP contribution in [0.2, 0.25) is 0 Å². The maximum atomic E-state index is 12.2. The van der Waals surface area contributed by atoms with Gasteiger partial charge in [-0.25, -0.2) is 4.39 Å². The highest BCUT2D eigenvalue weighted by molar-refractivity contribution is 7.87. The van der Waals surface area contributed by atoms with Gasteiger partial charge in [0.2, 0.25) is 0 Å². The molecule has 0 aromatic rings. The second-order valence-electron chi connectivity index (χ2n) is 3.64. The maximum Gasteiger partial charge on any atom is 0.438 e. The summed E-state index contributed by atoms with van der Waals surface area (Å²) in [5.41, 5.74) is 0. The van der Waals surface area contributed by atoms with Gasteiger partial charge in [0.1, 0.15) is 0 Å². The van der Waals surface area contributed by atoms with E-state index in [9.17, 15) is 39.2 Å². The fraction of sp³-hybridized carbons (Fsp3) is 0.600. The minimum Gasteiger partial charge on any atom is -0.310 e. The minimum atomic E-state index is -6.78. The molecular formula is C10H14F7NO3S. The third-order valence-electron chi connectivity index (χ3n) is 1.89. The van der Waals surface area contributed by atoms with Gasteiger partial charge >= 0.3 is 27.2 Å². The van der Waals surface area contributed by atoms with Crippen molar-refractivity contribution in [1.29, 1.82) is 0 Å². The first kappa shape index (κ1) is 23.1. The molecule has 0 saturated heterocycles. The van der Waals surface area contributed by atoms with Crippen LogP contribution in [0.1, 0.15) is 0 Å². The number of hydrogen-bond donors (Lipinski definition) is 2. The molecular weight excluding hydrogens is 347 g/mol. The Bertz CT molecular complexity index is 457. The molecule has 0 unspecified atom stereocenters. The van der Waals surface area contributed by atoms with E-state index >= 15 is 0 Å². The molecule has 0 radical (unpaired) electrons. The lowest BCUT2D eigenvalue weighted by molar-refractivity contribution is -0.284. The van der Waals surface area contributed by atoms with Crippen molar-refractivity contribution in [2.24, 2.45) is 0 Å². The monoisotopic (exact) mass is 361 g/mol. The fourth-order valence-corrected chi connectivity index (χ4v) is 1.22. The van der Waals surface area contributed by atoms with Crippen molar-refractivity contribution in [2.75, 3.05) is 19.8 Å². The van der Waals surface area contributed by atoms with Crippen LogP contribution in [-0.4, -0.2) is 49.8 Å². The first-order valence-electron chi connectivity index (χ1n) is 5.31. The average Bonchev–Trinajstić information content (AvgIpc) is 2.38. The van der Waals surface area contributed by atoms with Crippen molar-refractivity contribution in [3.8, 4) is 0 Å². The zero-order valence-corrected chi connectivity index (χ0v) is 11.8. The topological polar surface area (TPSA) is 66.4 Å². The normalized spacial score (nSPS) is 13.1. The van der Waals surface area contributed by atoms with Crippen molar-refractivity contribution in [1.82, 2.24) is 5.32 Å². The van der Waals surface area contributed by atoms with Gasteiger partial charge in [0, 0.05) is 13.1 Å². The molecule has 0 saturated carbocycles. The first-order chi connectivity index (χ1) is 9.72. The summed E-state index contributed by atoms with van der Waals surface area (Å²) in [5.74, 6) is -12.5. The van der Waals surface area contributed by atoms with E-state index in [0.29, 0.717) is 0 Å². The summed E-state index contributed by atoms with van der Waals surface area (Å²) in [6.07, 6.45) is 3.65. The lowest BCUT2D eigenvalue weighted by Crippen LogP contribution is -2.58. The molecule has 0 bridgehead atoms. The summed E-state index contributed by atoms with van der Waals surface area (Å²) < 4.78 is 111. The van der Waals surface area contributed by atoms with E-state index in [2.05, 4.69) is 18.5 Å². The van der Waals surface area contributed by atoms with Crippen molar-refractivity contribution in [3.63, 3.8) is 0 Å². The van der Waals surface area contributed by atoms with E-state index in [1.165, 1.54) is 0 Å². The Morgan fingerprint density at radius 1 is 1.00 bits per heavy atom. The van der Waals surface area contributed by atoms with Gasteiger partial charge in [0.25, 0.3) is 0 Å². The molecule has 0 aliphatic carbocycles. The summed E-state index contributed by atoms with van der Waals surface area (Å²) in [4.78, 5) is 0. The molecule has 0 rings (SSSR count). The van der Waals surface area contributed by atoms with E-state index in [0.717, 1.165) is 13.1 Å².